The number of sulfonamides is 1. The van der Waals surface area contributed by atoms with Crippen molar-refractivity contribution in [3.05, 3.63) is 0 Å². The van der Waals surface area contributed by atoms with Crippen LogP contribution in [-0.2, 0) is 14.8 Å². The van der Waals surface area contributed by atoms with Crippen LogP contribution in [0.4, 0.5) is 9.18 Å². The molecular formula is C19H29FN6O4S. The largest absolute Gasteiger partial charge is 0.327 e. The minimum absolute atomic E-state index is 0.0578. The molecule has 4 fully saturated rings. The Labute approximate surface area is 181 Å². The number of nitrogens with zero attached hydrogens (tertiary/aromatic N) is 4. The summed E-state index contributed by atoms with van der Waals surface area (Å²) in [6.45, 7) is 0.641. The number of imide groups is 1. The smallest absolute Gasteiger partial charge is 0.307 e. The Morgan fingerprint density at radius 3 is 2.65 bits per heavy atom. The minimum atomic E-state index is -3.80. The molecule has 2 saturated carbocycles. The van der Waals surface area contributed by atoms with Crippen LogP contribution in [0.3, 0.4) is 0 Å². The average molecular weight is 457 g/mol. The third-order valence-corrected chi connectivity index (χ3v) is 9.02. The summed E-state index contributed by atoms with van der Waals surface area (Å²) in [4.78, 5) is 28.9. The lowest BCUT2D eigenvalue weighted by atomic mass is 9.80. The van der Waals surface area contributed by atoms with Crippen molar-refractivity contribution in [3.8, 4) is 6.07 Å². The molecule has 0 aromatic heterocycles. The Bertz CT molecular complexity index is 888. The van der Waals surface area contributed by atoms with E-state index in [1.54, 1.807) is 0 Å². The van der Waals surface area contributed by atoms with E-state index >= 15 is 0 Å². The van der Waals surface area contributed by atoms with Gasteiger partial charge in [-0.3, -0.25) is 15.1 Å². The molecule has 4 aliphatic rings. The molecule has 172 valence electrons. The van der Waals surface area contributed by atoms with Crippen LogP contribution in [-0.4, -0.2) is 91.9 Å². The summed E-state index contributed by atoms with van der Waals surface area (Å²) in [6.07, 6.45) is 1.60. The number of nitriles is 1. The van der Waals surface area contributed by atoms with Crippen LogP contribution >= 0.6 is 0 Å². The molecule has 2 heterocycles. The molecular weight excluding hydrogens is 427 g/mol. The maximum absolute atomic E-state index is 13.3. The zero-order chi connectivity index (χ0) is 22.4. The Balaban J connectivity index is 1.53. The van der Waals surface area contributed by atoms with Crippen molar-refractivity contribution in [1.29, 1.82) is 5.26 Å². The Hall–Kier alpha value is -1.81. The van der Waals surface area contributed by atoms with Gasteiger partial charge in [0.05, 0.1) is 22.8 Å². The Kier molecular flexibility index (Phi) is 5.97. The molecule has 0 aromatic carbocycles. The van der Waals surface area contributed by atoms with E-state index in [0.29, 0.717) is 32.4 Å². The van der Waals surface area contributed by atoms with Crippen LogP contribution in [0.2, 0.25) is 0 Å². The number of rotatable bonds is 7. The number of nitrogens with one attached hydrogen (secondary N) is 2. The lowest BCUT2D eigenvalue weighted by molar-refractivity contribution is -0.140. The van der Waals surface area contributed by atoms with Crippen LogP contribution in [0.5, 0.6) is 0 Å². The average Bonchev–Trinajstić information content (AvgIpc) is 3.38. The van der Waals surface area contributed by atoms with Gasteiger partial charge in [0.2, 0.25) is 15.9 Å². The van der Waals surface area contributed by atoms with E-state index in [2.05, 4.69) is 10.1 Å². The number of carbonyl (C=O) groups is 2. The number of hydrazine groups is 1. The van der Waals surface area contributed by atoms with E-state index in [9.17, 15) is 27.7 Å². The molecule has 2 aliphatic heterocycles. The quantitative estimate of drug-likeness (QED) is 0.508. The van der Waals surface area contributed by atoms with Gasteiger partial charge in [-0.05, 0) is 32.1 Å². The summed E-state index contributed by atoms with van der Waals surface area (Å²) in [6, 6.07) is 1.04. The fourth-order valence-corrected chi connectivity index (χ4v) is 6.97. The highest BCUT2D eigenvalue weighted by Gasteiger charge is 2.53. The van der Waals surface area contributed by atoms with Gasteiger partial charge < -0.3 is 4.90 Å². The van der Waals surface area contributed by atoms with Crippen molar-refractivity contribution < 1.29 is 22.4 Å². The Morgan fingerprint density at radius 2 is 2.06 bits per heavy atom. The van der Waals surface area contributed by atoms with Crippen LogP contribution in [0, 0.1) is 23.2 Å². The number of alkyl halides is 1. The molecule has 4 rings (SSSR count). The lowest BCUT2D eigenvalue weighted by Crippen LogP contribution is -2.64. The molecule has 0 bridgehead atoms. The van der Waals surface area contributed by atoms with Gasteiger partial charge in [0.1, 0.15) is 13.2 Å². The first-order valence-corrected chi connectivity index (χ1v) is 12.3. The minimum Gasteiger partial charge on any atom is -0.307 e. The maximum Gasteiger partial charge on any atom is 0.327 e. The number of hydrogen-bond acceptors (Lipinski definition) is 7. The standard InChI is InChI=1S/C19H29FN6O4S/c1-24-10-13(9-22-24)11-26-17(27)15-8-14(31(29,30)23-19(12-20)4-5-19)2-3-16(15)25(7-6-21)18(26)28/h13-16,22-23H,2-5,7-12H2,1H3. The SMILES string of the molecule is CN1CC(CN2C(=O)C3CC(S(=O)(=O)NC4(CF)CC4)CCC3N(CC#N)C2=O)CN1. The topological polar surface area (TPSA) is 126 Å². The van der Waals surface area contributed by atoms with Crippen molar-refractivity contribution in [2.45, 2.75) is 48.9 Å². The van der Waals surface area contributed by atoms with Crippen LogP contribution in [0.25, 0.3) is 0 Å². The molecule has 4 atom stereocenters. The molecule has 2 aliphatic carbocycles. The van der Waals surface area contributed by atoms with E-state index in [4.69, 9.17) is 0 Å². The number of hydrogen-bond donors (Lipinski definition) is 2. The monoisotopic (exact) mass is 456 g/mol. The molecule has 4 unspecified atom stereocenters. The van der Waals surface area contributed by atoms with Gasteiger partial charge in [-0.25, -0.2) is 27.3 Å². The molecule has 31 heavy (non-hydrogen) atoms. The highest BCUT2D eigenvalue weighted by atomic mass is 32.2. The Morgan fingerprint density at radius 1 is 1.32 bits per heavy atom. The molecule has 0 spiro atoms. The second-order valence-electron chi connectivity index (χ2n) is 9.30. The number of urea groups is 1. The van der Waals surface area contributed by atoms with Gasteiger partial charge in [0.15, 0.2) is 0 Å². The van der Waals surface area contributed by atoms with Crippen molar-refractivity contribution in [2.24, 2.45) is 11.8 Å². The van der Waals surface area contributed by atoms with Gasteiger partial charge in [-0.2, -0.15) is 5.26 Å². The van der Waals surface area contributed by atoms with E-state index in [0.717, 1.165) is 0 Å². The van der Waals surface area contributed by atoms with Gasteiger partial charge in [-0.15, -0.1) is 0 Å². The van der Waals surface area contributed by atoms with Crippen molar-refractivity contribution >= 4 is 22.0 Å². The first kappa shape index (κ1) is 22.4. The maximum atomic E-state index is 13.3. The van der Waals surface area contributed by atoms with E-state index in [1.165, 1.54) is 9.80 Å². The molecule has 10 nitrogen and oxygen atoms in total. The normalized spacial score (nSPS) is 33.3. The second kappa shape index (κ2) is 8.27. The summed E-state index contributed by atoms with van der Waals surface area (Å²) in [7, 11) is -1.92. The summed E-state index contributed by atoms with van der Waals surface area (Å²) in [5.41, 5.74) is 2.16. The molecule has 12 heteroatoms. The zero-order valence-electron chi connectivity index (χ0n) is 17.6. The van der Waals surface area contributed by atoms with Crippen molar-refractivity contribution in [1.82, 2.24) is 25.0 Å². The third kappa shape index (κ3) is 4.28. The molecule has 0 aromatic rings. The van der Waals surface area contributed by atoms with Gasteiger partial charge >= 0.3 is 6.03 Å². The number of halogens is 1. The van der Waals surface area contributed by atoms with E-state index < -0.39 is 45.5 Å². The molecule has 0 radical (unpaired) electrons. The van der Waals surface area contributed by atoms with E-state index in [-0.39, 0.29) is 37.8 Å². The van der Waals surface area contributed by atoms with Crippen molar-refractivity contribution in [2.75, 3.05) is 39.9 Å². The fourth-order valence-electron chi connectivity index (χ4n) is 5.04. The summed E-state index contributed by atoms with van der Waals surface area (Å²) >= 11 is 0. The van der Waals surface area contributed by atoms with Crippen LogP contribution in [0.15, 0.2) is 0 Å². The molecule has 2 saturated heterocycles. The third-order valence-electron chi connectivity index (χ3n) is 7.00. The predicted octanol–water partition coefficient (Wildman–Crippen LogP) is -0.201. The van der Waals surface area contributed by atoms with Gasteiger partial charge in [-0.1, -0.05) is 0 Å². The second-order valence-corrected chi connectivity index (χ2v) is 11.3. The first-order valence-electron chi connectivity index (χ1n) is 10.7. The number of amides is 3. The number of carbonyl (C=O) groups excluding carboxylic acids is 2. The first-order chi connectivity index (χ1) is 14.7. The summed E-state index contributed by atoms with van der Waals surface area (Å²) in [5.74, 6) is -0.998. The fraction of sp³-hybridized carbons (Fsp3) is 0.842. The molecule has 3 amide bonds. The predicted molar refractivity (Wildman–Crippen MR) is 108 cm³/mol. The van der Waals surface area contributed by atoms with Crippen LogP contribution < -0.4 is 10.1 Å². The molecule has 2 N–H and O–H groups in total. The highest BCUT2D eigenvalue weighted by Crippen LogP contribution is 2.40. The zero-order valence-corrected chi connectivity index (χ0v) is 18.4. The summed E-state index contributed by atoms with van der Waals surface area (Å²) in [5, 5.41) is 10.3. The summed E-state index contributed by atoms with van der Waals surface area (Å²) < 4.78 is 41.6. The van der Waals surface area contributed by atoms with Gasteiger partial charge in [0, 0.05) is 38.6 Å². The number of fused-ring (bicyclic) bond motifs is 1. The van der Waals surface area contributed by atoms with Crippen molar-refractivity contribution in [3.63, 3.8) is 0 Å². The van der Waals surface area contributed by atoms with E-state index in [1.807, 2.05) is 18.1 Å². The highest BCUT2D eigenvalue weighted by molar-refractivity contribution is 7.90. The van der Waals surface area contributed by atoms with Gasteiger partial charge in [0.25, 0.3) is 0 Å². The lowest BCUT2D eigenvalue weighted by Gasteiger charge is -2.47. The van der Waals surface area contributed by atoms with Crippen LogP contribution in [0.1, 0.15) is 32.1 Å².